The van der Waals surface area contributed by atoms with Crippen molar-refractivity contribution in [2.75, 3.05) is 23.9 Å². The molecule has 0 saturated carbocycles. The largest absolute Gasteiger partial charge is 0.495 e. The number of anilines is 2. The number of barbiturate groups is 1. The van der Waals surface area contributed by atoms with Gasteiger partial charge in [0.25, 0.3) is 17.7 Å². The minimum Gasteiger partial charge on any atom is -0.495 e. The van der Waals surface area contributed by atoms with Crippen molar-refractivity contribution in [3.8, 4) is 11.5 Å². The van der Waals surface area contributed by atoms with Gasteiger partial charge in [0, 0.05) is 15.1 Å². The van der Waals surface area contributed by atoms with E-state index in [2.05, 4.69) is 26.6 Å². The normalized spacial score (nSPS) is 14.4. The van der Waals surface area contributed by atoms with Gasteiger partial charge < -0.3 is 14.8 Å². The Balaban J connectivity index is 1.60. The number of carbonyl (C=O) groups excluding carboxylic acids is 4. The van der Waals surface area contributed by atoms with Crippen LogP contribution < -0.4 is 25.0 Å². The molecule has 1 aliphatic rings. The van der Waals surface area contributed by atoms with Crippen LogP contribution in [0, 0.1) is 6.92 Å². The monoisotopic (exact) mass is 597 g/mol. The lowest BCUT2D eigenvalue weighted by Crippen LogP contribution is -2.54. The number of halogens is 2. The summed E-state index contributed by atoms with van der Waals surface area (Å²) < 4.78 is 11.6. The summed E-state index contributed by atoms with van der Waals surface area (Å²) in [6, 6.07) is 15.7. The molecule has 0 aliphatic carbocycles. The van der Waals surface area contributed by atoms with Gasteiger partial charge in [-0.1, -0.05) is 45.7 Å². The number of para-hydroxylation sites is 2. The van der Waals surface area contributed by atoms with E-state index in [0.29, 0.717) is 32.1 Å². The smallest absolute Gasteiger partial charge is 0.335 e. The summed E-state index contributed by atoms with van der Waals surface area (Å²) in [7, 11) is 1.49. The van der Waals surface area contributed by atoms with E-state index in [-0.39, 0.29) is 23.6 Å². The Morgan fingerprint density at radius 2 is 1.84 bits per heavy atom. The second-order valence-corrected chi connectivity index (χ2v) is 9.38. The molecule has 1 saturated heterocycles. The molecule has 194 valence electrons. The number of hydrogen-bond donors (Lipinski definition) is 2. The SMILES string of the molecule is COc1ccccc1NC(=O)COc1ccc(Br)cc1/C=C1/C(=O)NC(=O)N(c2cccc(Cl)c2C)C1=O. The molecule has 1 heterocycles. The van der Waals surface area contributed by atoms with Gasteiger partial charge in [0.2, 0.25) is 0 Å². The molecule has 1 aliphatic heterocycles. The molecule has 3 aromatic carbocycles. The average molecular weight is 599 g/mol. The van der Waals surface area contributed by atoms with E-state index in [1.54, 1.807) is 67.6 Å². The van der Waals surface area contributed by atoms with Crippen LogP contribution in [0.2, 0.25) is 5.02 Å². The van der Waals surface area contributed by atoms with Gasteiger partial charge >= 0.3 is 6.03 Å². The van der Waals surface area contributed by atoms with Gasteiger partial charge in [0.05, 0.1) is 18.5 Å². The summed E-state index contributed by atoms with van der Waals surface area (Å²) in [6.45, 7) is 1.30. The van der Waals surface area contributed by atoms with Crippen LogP contribution in [0.3, 0.4) is 0 Å². The van der Waals surface area contributed by atoms with E-state index in [4.69, 9.17) is 21.1 Å². The lowest BCUT2D eigenvalue weighted by Gasteiger charge is -2.27. The third-order valence-electron chi connectivity index (χ3n) is 5.59. The number of benzene rings is 3. The number of rotatable bonds is 7. The van der Waals surface area contributed by atoms with Gasteiger partial charge in [-0.3, -0.25) is 19.7 Å². The highest BCUT2D eigenvalue weighted by Gasteiger charge is 2.37. The second-order valence-electron chi connectivity index (χ2n) is 8.06. The van der Waals surface area contributed by atoms with Gasteiger partial charge in [-0.05, 0) is 61.0 Å². The van der Waals surface area contributed by atoms with Gasteiger partial charge in [0.15, 0.2) is 6.61 Å². The topological polar surface area (TPSA) is 114 Å². The molecule has 0 spiro atoms. The molecule has 11 heteroatoms. The van der Waals surface area contributed by atoms with Crippen LogP contribution in [0.5, 0.6) is 11.5 Å². The zero-order valence-corrected chi connectivity index (χ0v) is 22.6. The lowest BCUT2D eigenvalue weighted by atomic mass is 10.0. The Kier molecular flexibility index (Phi) is 8.13. The number of nitrogens with one attached hydrogen (secondary N) is 2. The number of urea groups is 1. The molecule has 4 rings (SSSR count). The van der Waals surface area contributed by atoms with Crippen molar-refractivity contribution in [3.05, 3.63) is 86.9 Å². The highest BCUT2D eigenvalue weighted by Crippen LogP contribution is 2.31. The molecule has 2 N–H and O–H groups in total. The minimum absolute atomic E-state index is 0.235. The molecule has 0 aromatic heterocycles. The van der Waals surface area contributed by atoms with Crippen LogP contribution in [0.25, 0.3) is 6.08 Å². The van der Waals surface area contributed by atoms with E-state index in [1.165, 1.54) is 13.2 Å². The maximum atomic E-state index is 13.3. The number of nitrogens with zero attached hydrogens (tertiary/aromatic N) is 1. The van der Waals surface area contributed by atoms with Crippen LogP contribution in [0.15, 0.2) is 70.7 Å². The highest BCUT2D eigenvalue weighted by atomic mass is 79.9. The van der Waals surface area contributed by atoms with Gasteiger partial charge in [0.1, 0.15) is 17.1 Å². The predicted molar refractivity (Wildman–Crippen MR) is 146 cm³/mol. The van der Waals surface area contributed by atoms with E-state index in [9.17, 15) is 19.2 Å². The third kappa shape index (κ3) is 5.71. The molecular formula is C27H21BrClN3O6. The zero-order chi connectivity index (χ0) is 27.4. The summed E-state index contributed by atoms with van der Waals surface area (Å²) in [6.07, 6.45) is 1.30. The Bertz CT molecular complexity index is 1490. The highest BCUT2D eigenvalue weighted by molar-refractivity contribution is 9.10. The summed E-state index contributed by atoms with van der Waals surface area (Å²) in [5.41, 5.74) is 1.26. The first-order valence-electron chi connectivity index (χ1n) is 11.2. The summed E-state index contributed by atoms with van der Waals surface area (Å²) in [4.78, 5) is 52.0. The standard InChI is InChI=1S/C27H21BrClN3O6/c1-15-19(29)6-5-8-21(15)32-26(35)18(25(34)31-27(32)36)13-16-12-17(28)10-11-22(16)38-14-24(33)30-20-7-3-4-9-23(20)37-2/h3-13H,14H2,1-2H3,(H,30,33)(H,31,34,36)/b18-13-. The van der Waals surface area contributed by atoms with Crippen LogP contribution in [0.4, 0.5) is 16.2 Å². The fourth-order valence-corrected chi connectivity index (χ4v) is 4.26. The van der Waals surface area contributed by atoms with Crippen molar-refractivity contribution in [1.82, 2.24) is 5.32 Å². The van der Waals surface area contributed by atoms with Crippen LogP contribution in [-0.4, -0.2) is 37.5 Å². The molecule has 5 amide bonds. The Labute approximate surface area is 231 Å². The number of carbonyl (C=O) groups is 4. The lowest BCUT2D eigenvalue weighted by molar-refractivity contribution is -0.122. The Hall–Kier alpha value is -4.15. The van der Waals surface area contributed by atoms with Crippen LogP contribution in [-0.2, 0) is 14.4 Å². The number of methoxy groups -OCH3 is 1. The van der Waals surface area contributed by atoms with Crippen molar-refractivity contribution < 1.29 is 28.7 Å². The minimum atomic E-state index is -0.888. The molecule has 1 fully saturated rings. The molecular weight excluding hydrogens is 578 g/mol. The molecule has 0 bridgehead atoms. The van der Waals surface area contributed by atoms with Crippen molar-refractivity contribution in [1.29, 1.82) is 0 Å². The fourth-order valence-electron chi connectivity index (χ4n) is 3.71. The van der Waals surface area contributed by atoms with E-state index >= 15 is 0 Å². The van der Waals surface area contributed by atoms with E-state index < -0.39 is 23.8 Å². The first-order chi connectivity index (χ1) is 18.2. The van der Waals surface area contributed by atoms with E-state index in [0.717, 1.165) is 4.90 Å². The number of amides is 5. The van der Waals surface area contributed by atoms with Crippen molar-refractivity contribution in [2.24, 2.45) is 0 Å². The molecule has 3 aromatic rings. The average Bonchev–Trinajstić information content (AvgIpc) is 2.88. The first kappa shape index (κ1) is 26.9. The molecule has 0 unspecified atom stereocenters. The quantitative estimate of drug-likeness (QED) is 0.289. The molecule has 0 atom stereocenters. The summed E-state index contributed by atoms with van der Waals surface area (Å²) >= 11 is 9.54. The number of hydrogen-bond acceptors (Lipinski definition) is 6. The van der Waals surface area contributed by atoms with E-state index in [1.807, 2.05) is 0 Å². The van der Waals surface area contributed by atoms with Gasteiger partial charge in [-0.15, -0.1) is 0 Å². The number of imide groups is 2. The van der Waals surface area contributed by atoms with Crippen LogP contribution >= 0.6 is 27.5 Å². The Morgan fingerprint density at radius 1 is 1.08 bits per heavy atom. The maximum absolute atomic E-state index is 13.3. The first-order valence-corrected chi connectivity index (χ1v) is 12.4. The Morgan fingerprint density at radius 3 is 2.61 bits per heavy atom. The van der Waals surface area contributed by atoms with Gasteiger partial charge in [-0.25, -0.2) is 9.69 Å². The second kappa shape index (κ2) is 11.5. The zero-order valence-electron chi connectivity index (χ0n) is 20.2. The summed E-state index contributed by atoms with van der Waals surface area (Å²) in [5.74, 6) is -1.42. The van der Waals surface area contributed by atoms with Crippen molar-refractivity contribution in [3.63, 3.8) is 0 Å². The maximum Gasteiger partial charge on any atom is 0.335 e. The third-order valence-corrected chi connectivity index (χ3v) is 6.50. The molecule has 9 nitrogen and oxygen atoms in total. The van der Waals surface area contributed by atoms with Crippen LogP contribution in [0.1, 0.15) is 11.1 Å². The predicted octanol–water partition coefficient (Wildman–Crippen LogP) is 5.10. The number of ether oxygens (including phenoxy) is 2. The summed E-state index contributed by atoms with van der Waals surface area (Å²) in [5, 5.41) is 5.26. The fraction of sp³-hybridized carbons (Fsp3) is 0.111. The molecule has 38 heavy (non-hydrogen) atoms. The van der Waals surface area contributed by atoms with Gasteiger partial charge in [-0.2, -0.15) is 0 Å². The molecule has 0 radical (unpaired) electrons. The van der Waals surface area contributed by atoms with Crippen molar-refractivity contribution in [2.45, 2.75) is 6.92 Å². The van der Waals surface area contributed by atoms with Crippen molar-refractivity contribution >= 4 is 68.7 Å².